The van der Waals surface area contributed by atoms with Crippen LogP contribution in [0.15, 0.2) is 41.4 Å². The van der Waals surface area contributed by atoms with Gasteiger partial charge in [-0.25, -0.2) is 0 Å². The maximum Gasteiger partial charge on any atom is 0.233 e. The smallest absolute Gasteiger partial charge is 0.233 e. The highest BCUT2D eigenvalue weighted by molar-refractivity contribution is 6.06. The van der Waals surface area contributed by atoms with Crippen molar-refractivity contribution in [2.24, 2.45) is 28.7 Å². The number of rotatable bonds is 7. The second-order valence-corrected chi connectivity index (χ2v) is 8.56. The molecular weight excluding hydrogens is 378 g/mol. The van der Waals surface area contributed by atoms with Gasteiger partial charge < -0.3 is 15.5 Å². The summed E-state index contributed by atoms with van der Waals surface area (Å²) >= 11 is 0. The lowest BCUT2D eigenvalue weighted by Gasteiger charge is -2.18. The zero-order chi connectivity index (χ0) is 21.3. The number of fused-ring (bicyclic) bond motifs is 5. The van der Waals surface area contributed by atoms with Gasteiger partial charge in [-0.15, -0.1) is 0 Å². The van der Waals surface area contributed by atoms with E-state index in [4.69, 9.17) is 0 Å². The van der Waals surface area contributed by atoms with E-state index in [2.05, 4.69) is 56.9 Å². The van der Waals surface area contributed by atoms with E-state index in [0.29, 0.717) is 19.0 Å². The van der Waals surface area contributed by atoms with Crippen molar-refractivity contribution < 1.29 is 9.59 Å². The fourth-order valence-electron chi connectivity index (χ4n) is 4.98. The lowest BCUT2D eigenvalue weighted by atomic mass is 9.85. The Labute approximate surface area is 178 Å². The molecule has 2 amide bonds. The molecule has 0 aromatic heterocycles. The summed E-state index contributed by atoms with van der Waals surface area (Å²) in [5.74, 6) is 0.973. The molecule has 0 spiro atoms. The van der Waals surface area contributed by atoms with Crippen molar-refractivity contribution in [3.8, 4) is 0 Å². The Morgan fingerprint density at radius 3 is 2.20 bits per heavy atom. The molecule has 0 radical (unpaired) electrons. The van der Waals surface area contributed by atoms with Crippen LogP contribution >= 0.6 is 0 Å². The topological polar surface area (TPSA) is 77.0 Å². The highest BCUT2D eigenvalue weighted by Gasteiger charge is 2.58. The van der Waals surface area contributed by atoms with E-state index in [9.17, 15) is 9.59 Å². The molecular formula is C23H31N5O2. The molecule has 1 aliphatic heterocycles. The van der Waals surface area contributed by atoms with E-state index in [0.717, 1.165) is 19.4 Å². The molecule has 2 bridgehead atoms. The van der Waals surface area contributed by atoms with Gasteiger partial charge in [-0.2, -0.15) is 0 Å². The molecule has 1 heterocycles. The molecule has 1 aromatic rings. The highest BCUT2D eigenvalue weighted by atomic mass is 16.2. The molecule has 2 fully saturated rings. The van der Waals surface area contributed by atoms with Crippen LogP contribution in [0.3, 0.4) is 0 Å². The van der Waals surface area contributed by atoms with E-state index >= 15 is 0 Å². The molecule has 30 heavy (non-hydrogen) atoms. The number of imide groups is 1. The number of hydrogen-bond acceptors (Lipinski definition) is 4. The molecule has 1 saturated heterocycles. The number of amides is 2. The van der Waals surface area contributed by atoms with Gasteiger partial charge in [0.15, 0.2) is 5.96 Å². The minimum atomic E-state index is -0.121. The number of nitrogens with zero attached hydrogens (tertiary/aromatic N) is 3. The van der Waals surface area contributed by atoms with Crippen molar-refractivity contribution in [1.29, 1.82) is 0 Å². The van der Waals surface area contributed by atoms with Crippen LogP contribution in [0.2, 0.25) is 0 Å². The molecule has 2 aliphatic carbocycles. The van der Waals surface area contributed by atoms with Crippen molar-refractivity contribution in [1.82, 2.24) is 15.5 Å². The predicted octanol–water partition coefficient (Wildman–Crippen LogP) is 1.27. The van der Waals surface area contributed by atoms with Gasteiger partial charge in [0, 0.05) is 46.5 Å². The van der Waals surface area contributed by atoms with Gasteiger partial charge >= 0.3 is 0 Å². The molecule has 7 nitrogen and oxygen atoms in total. The van der Waals surface area contributed by atoms with E-state index in [1.165, 1.54) is 16.2 Å². The Bertz CT molecular complexity index is 831. The number of carbonyl (C=O) groups excluding carboxylic acids is 2. The highest BCUT2D eigenvalue weighted by Crippen LogP contribution is 2.52. The SMILES string of the molecule is CN=C(NCCc1ccc(N(C)C)cc1)NCCN1C(=O)C2C3C=CC(C3)C2C1=O. The van der Waals surface area contributed by atoms with Crippen LogP contribution in [-0.2, 0) is 16.0 Å². The maximum atomic E-state index is 12.7. The average Bonchev–Trinajstić information content (AvgIpc) is 3.42. The van der Waals surface area contributed by atoms with Crippen molar-refractivity contribution >= 4 is 23.5 Å². The van der Waals surface area contributed by atoms with Gasteiger partial charge in [0.1, 0.15) is 0 Å². The van der Waals surface area contributed by atoms with E-state index in [-0.39, 0.29) is 35.5 Å². The number of anilines is 1. The zero-order valence-corrected chi connectivity index (χ0v) is 18.0. The van der Waals surface area contributed by atoms with Crippen LogP contribution in [0, 0.1) is 23.7 Å². The van der Waals surface area contributed by atoms with Gasteiger partial charge in [0.25, 0.3) is 0 Å². The fraction of sp³-hybridized carbons (Fsp3) is 0.522. The molecule has 3 aliphatic rings. The Kier molecular flexibility index (Phi) is 5.79. The summed E-state index contributed by atoms with van der Waals surface area (Å²) in [4.78, 5) is 33.2. The number of benzene rings is 1. The molecule has 160 valence electrons. The summed E-state index contributed by atoms with van der Waals surface area (Å²) in [6.07, 6.45) is 6.10. The van der Waals surface area contributed by atoms with Gasteiger partial charge in [-0.05, 0) is 42.4 Å². The van der Waals surface area contributed by atoms with Crippen molar-refractivity contribution in [2.75, 3.05) is 45.7 Å². The first kappa shape index (κ1) is 20.4. The number of allylic oxidation sites excluding steroid dienone is 2. The summed E-state index contributed by atoms with van der Waals surface area (Å²) in [5, 5.41) is 6.52. The normalized spacial score (nSPS) is 27.0. The Balaban J connectivity index is 1.21. The molecule has 4 rings (SSSR count). The minimum absolute atomic E-state index is 0.00719. The first-order valence-electron chi connectivity index (χ1n) is 10.7. The van der Waals surface area contributed by atoms with Crippen LogP contribution in [-0.4, -0.2) is 63.5 Å². The van der Waals surface area contributed by atoms with Gasteiger partial charge in [-0.3, -0.25) is 19.5 Å². The molecule has 2 N–H and O–H groups in total. The van der Waals surface area contributed by atoms with E-state index in [1.54, 1.807) is 7.05 Å². The predicted molar refractivity (Wildman–Crippen MR) is 118 cm³/mol. The average molecular weight is 410 g/mol. The van der Waals surface area contributed by atoms with Gasteiger partial charge in [0.2, 0.25) is 11.8 Å². The van der Waals surface area contributed by atoms with Crippen LogP contribution in [0.4, 0.5) is 5.69 Å². The second kappa shape index (κ2) is 8.50. The molecule has 4 atom stereocenters. The third kappa shape index (κ3) is 3.80. The summed E-state index contributed by atoms with van der Waals surface area (Å²) in [7, 11) is 5.78. The lowest BCUT2D eigenvalue weighted by Crippen LogP contribution is -2.44. The lowest BCUT2D eigenvalue weighted by molar-refractivity contribution is -0.140. The molecule has 1 saturated carbocycles. The van der Waals surface area contributed by atoms with E-state index in [1.807, 2.05) is 14.1 Å². The monoisotopic (exact) mass is 409 g/mol. The molecule has 4 unspecified atom stereocenters. The first-order valence-corrected chi connectivity index (χ1v) is 10.7. The maximum absolute atomic E-state index is 12.7. The Hall–Kier alpha value is -2.83. The van der Waals surface area contributed by atoms with Crippen LogP contribution in [0.1, 0.15) is 12.0 Å². The number of carbonyl (C=O) groups is 2. The number of likely N-dealkylation sites (tertiary alicyclic amines) is 1. The fourth-order valence-corrected chi connectivity index (χ4v) is 4.98. The summed E-state index contributed by atoms with van der Waals surface area (Å²) in [5.41, 5.74) is 2.44. The standard InChI is InChI=1S/C23H31N5O2/c1-24-23(25-11-10-15-4-8-18(9-5-15)27(2)3)26-12-13-28-21(29)19-16-6-7-17(14-16)20(19)22(28)30/h4-9,16-17,19-20H,10-14H2,1-3H3,(H2,24,25,26). The first-order chi connectivity index (χ1) is 14.5. The largest absolute Gasteiger partial charge is 0.378 e. The Morgan fingerprint density at radius 2 is 1.63 bits per heavy atom. The number of nitrogens with one attached hydrogen (secondary N) is 2. The number of hydrogen-bond donors (Lipinski definition) is 2. The minimum Gasteiger partial charge on any atom is -0.378 e. The van der Waals surface area contributed by atoms with Crippen molar-refractivity contribution in [2.45, 2.75) is 12.8 Å². The van der Waals surface area contributed by atoms with E-state index < -0.39 is 0 Å². The van der Waals surface area contributed by atoms with Gasteiger partial charge in [0.05, 0.1) is 11.8 Å². The van der Waals surface area contributed by atoms with Crippen LogP contribution < -0.4 is 15.5 Å². The Morgan fingerprint density at radius 1 is 1.03 bits per heavy atom. The van der Waals surface area contributed by atoms with Crippen molar-refractivity contribution in [3.63, 3.8) is 0 Å². The third-order valence-corrected chi connectivity index (χ3v) is 6.57. The van der Waals surface area contributed by atoms with Gasteiger partial charge in [-0.1, -0.05) is 24.3 Å². The number of guanidine groups is 1. The summed E-state index contributed by atoms with van der Waals surface area (Å²) < 4.78 is 0. The molecule has 1 aromatic carbocycles. The quantitative estimate of drug-likeness (QED) is 0.307. The summed E-state index contributed by atoms with van der Waals surface area (Å²) in [6.45, 7) is 1.63. The third-order valence-electron chi connectivity index (χ3n) is 6.57. The second-order valence-electron chi connectivity index (χ2n) is 8.56. The van der Waals surface area contributed by atoms with Crippen LogP contribution in [0.25, 0.3) is 0 Å². The number of aliphatic imine (C=N–C) groups is 1. The molecule has 7 heteroatoms. The zero-order valence-electron chi connectivity index (χ0n) is 18.0. The van der Waals surface area contributed by atoms with Crippen LogP contribution in [0.5, 0.6) is 0 Å². The summed E-state index contributed by atoms with van der Waals surface area (Å²) in [6, 6.07) is 8.50. The van der Waals surface area contributed by atoms with Crippen molar-refractivity contribution in [3.05, 3.63) is 42.0 Å².